The van der Waals surface area contributed by atoms with Gasteiger partial charge in [-0.15, -0.1) is 0 Å². The largest absolute Gasteiger partial charge is 0.489 e. The van der Waals surface area contributed by atoms with E-state index in [0.29, 0.717) is 18.4 Å². The lowest BCUT2D eigenvalue weighted by Gasteiger charge is -2.24. The molecule has 0 N–H and O–H groups in total. The summed E-state index contributed by atoms with van der Waals surface area (Å²) in [6.45, 7) is 4.96. The molecule has 154 valence electrons. The predicted octanol–water partition coefficient (Wildman–Crippen LogP) is 7.74. The second kappa shape index (κ2) is 9.80. The maximum absolute atomic E-state index is 5.96. The number of hydrogen-bond acceptors (Lipinski definition) is 1. The zero-order valence-corrected chi connectivity index (χ0v) is 18.2. The van der Waals surface area contributed by atoms with Crippen LogP contribution in [0, 0.1) is 6.92 Å². The van der Waals surface area contributed by atoms with Gasteiger partial charge in [0.05, 0.1) is 0 Å². The Kier molecular flexibility index (Phi) is 6.69. The fourth-order valence-corrected chi connectivity index (χ4v) is 4.26. The maximum atomic E-state index is 5.96. The molecule has 1 nitrogen and oxygen atoms in total. The molecule has 2 atom stereocenters. The minimum Gasteiger partial charge on any atom is -0.489 e. The van der Waals surface area contributed by atoms with Crippen molar-refractivity contribution >= 4 is 0 Å². The smallest absolute Gasteiger partial charge is 0.119 e. The third kappa shape index (κ3) is 5.21. The summed E-state index contributed by atoms with van der Waals surface area (Å²) in [7, 11) is 0. The van der Waals surface area contributed by atoms with E-state index in [0.717, 1.165) is 5.75 Å². The first kappa shape index (κ1) is 20.5. The fraction of sp³-hybridized carbons (Fsp3) is 0.310. The zero-order valence-electron chi connectivity index (χ0n) is 18.2. The van der Waals surface area contributed by atoms with Crippen LogP contribution in [0.5, 0.6) is 5.75 Å². The van der Waals surface area contributed by atoms with Gasteiger partial charge >= 0.3 is 0 Å². The van der Waals surface area contributed by atoms with Crippen LogP contribution in [-0.2, 0) is 13.0 Å². The summed E-state index contributed by atoms with van der Waals surface area (Å²) in [5.74, 6) is 1.99. The van der Waals surface area contributed by atoms with Gasteiger partial charge in [-0.3, -0.25) is 0 Å². The minimum atomic E-state index is 0.506. The minimum absolute atomic E-state index is 0.506. The van der Waals surface area contributed by atoms with Crippen LogP contribution in [0.15, 0.2) is 84.9 Å². The normalized spacial score (nSPS) is 18.3. The molecule has 0 saturated carbocycles. The van der Waals surface area contributed by atoms with E-state index in [2.05, 4.69) is 98.8 Å². The molecule has 30 heavy (non-hydrogen) atoms. The van der Waals surface area contributed by atoms with Crippen LogP contribution < -0.4 is 4.74 Å². The Morgan fingerprint density at radius 3 is 1.77 bits per heavy atom. The summed E-state index contributed by atoms with van der Waals surface area (Å²) in [5, 5.41) is 0. The van der Waals surface area contributed by atoms with Gasteiger partial charge in [-0.05, 0) is 60.6 Å². The first-order chi connectivity index (χ1) is 14.7. The summed E-state index contributed by atoms with van der Waals surface area (Å²) in [4.78, 5) is 0. The Balaban J connectivity index is 1.33. The van der Waals surface area contributed by atoms with Crippen molar-refractivity contribution in [3.05, 3.63) is 113 Å². The molecule has 3 aromatic carbocycles. The van der Waals surface area contributed by atoms with Gasteiger partial charge in [0.1, 0.15) is 12.4 Å². The van der Waals surface area contributed by atoms with Crippen molar-refractivity contribution in [1.82, 2.24) is 0 Å². The highest BCUT2D eigenvalue weighted by Crippen LogP contribution is 2.36. The summed E-state index contributed by atoms with van der Waals surface area (Å²) in [6, 6.07) is 26.4. The molecule has 4 rings (SSSR count). The Bertz CT molecular complexity index is 949. The molecule has 0 aromatic heterocycles. The van der Waals surface area contributed by atoms with Crippen LogP contribution in [0.3, 0.4) is 0 Å². The molecule has 0 saturated heterocycles. The SMILES string of the molecule is CCCc1ccc(C2C=CC(c3ccc(OCc4ccc(C)cc4)cc3)CC2)cc1. The molecule has 1 aliphatic carbocycles. The zero-order chi connectivity index (χ0) is 20.8. The highest BCUT2D eigenvalue weighted by atomic mass is 16.5. The maximum Gasteiger partial charge on any atom is 0.119 e. The van der Waals surface area contributed by atoms with E-state index in [1.807, 2.05) is 0 Å². The van der Waals surface area contributed by atoms with Gasteiger partial charge in [0.15, 0.2) is 0 Å². The second-order valence-corrected chi connectivity index (χ2v) is 8.51. The summed E-state index contributed by atoms with van der Waals surface area (Å²) in [5.41, 5.74) is 6.76. The van der Waals surface area contributed by atoms with E-state index in [1.54, 1.807) is 0 Å². The molecule has 0 bridgehead atoms. The molecule has 0 aliphatic heterocycles. The van der Waals surface area contributed by atoms with Gasteiger partial charge in [-0.2, -0.15) is 0 Å². The number of benzene rings is 3. The standard InChI is InChI=1S/C29H32O/c1-3-4-23-9-11-25(12-10-23)26-13-15-27(16-14-26)28-17-19-29(20-18-28)30-21-24-7-5-22(2)6-8-24/h5-13,15,17-20,26-27H,3-4,14,16,21H2,1-2H3. The van der Waals surface area contributed by atoms with Crippen LogP contribution >= 0.6 is 0 Å². The summed E-state index contributed by atoms with van der Waals surface area (Å²) < 4.78 is 5.96. The first-order valence-corrected chi connectivity index (χ1v) is 11.3. The fourth-order valence-electron chi connectivity index (χ4n) is 4.26. The quantitative estimate of drug-likeness (QED) is 0.371. The van der Waals surface area contributed by atoms with Gasteiger partial charge in [0, 0.05) is 11.8 Å². The molecule has 0 spiro atoms. The van der Waals surface area contributed by atoms with Gasteiger partial charge in [0.25, 0.3) is 0 Å². The molecule has 1 heteroatoms. The van der Waals surface area contributed by atoms with E-state index < -0.39 is 0 Å². The first-order valence-electron chi connectivity index (χ1n) is 11.3. The average molecular weight is 397 g/mol. The number of allylic oxidation sites excluding steroid dienone is 2. The third-order valence-electron chi connectivity index (χ3n) is 6.15. The van der Waals surface area contributed by atoms with Gasteiger partial charge in [-0.1, -0.05) is 91.7 Å². The van der Waals surface area contributed by atoms with Crippen molar-refractivity contribution in [1.29, 1.82) is 0 Å². The van der Waals surface area contributed by atoms with E-state index in [9.17, 15) is 0 Å². The Hall–Kier alpha value is -2.80. The van der Waals surface area contributed by atoms with Crippen LogP contribution in [0.2, 0.25) is 0 Å². The van der Waals surface area contributed by atoms with Crippen molar-refractivity contribution in [3.8, 4) is 5.75 Å². The Morgan fingerprint density at radius 1 is 0.700 bits per heavy atom. The van der Waals surface area contributed by atoms with Gasteiger partial charge in [-0.25, -0.2) is 0 Å². The second-order valence-electron chi connectivity index (χ2n) is 8.51. The van der Waals surface area contributed by atoms with E-state index in [1.165, 1.54) is 53.5 Å². The molecular formula is C29H32O. The highest BCUT2D eigenvalue weighted by molar-refractivity contribution is 5.35. The number of aryl methyl sites for hydroxylation is 2. The Labute approximate surface area is 181 Å². The molecule has 0 radical (unpaired) electrons. The van der Waals surface area contributed by atoms with Crippen LogP contribution in [0.25, 0.3) is 0 Å². The van der Waals surface area contributed by atoms with Crippen molar-refractivity contribution in [2.45, 2.75) is 58.0 Å². The third-order valence-corrected chi connectivity index (χ3v) is 6.15. The lowest BCUT2D eigenvalue weighted by Crippen LogP contribution is -2.07. The summed E-state index contributed by atoms with van der Waals surface area (Å²) >= 11 is 0. The topological polar surface area (TPSA) is 9.23 Å². The van der Waals surface area contributed by atoms with Crippen molar-refractivity contribution in [2.75, 3.05) is 0 Å². The predicted molar refractivity (Wildman–Crippen MR) is 126 cm³/mol. The average Bonchev–Trinajstić information content (AvgIpc) is 2.80. The molecule has 2 unspecified atom stereocenters. The molecule has 1 aliphatic rings. The molecule has 3 aromatic rings. The van der Waals surface area contributed by atoms with Crippen LogP contribution in [-0.4, -0.2) is 0 Å². The van der Waals surface area contributed by atoms with E-state index >= 15 is 0 Å². The van der Waals surface area contributed by atoms with Crippen molar-refractivity contribution < 1.29 is 4.74 Å². The monoisotopic (exact) mass is 396 g/mol. The van der Waals surface area contributed by atoms with Crippen LogP contribution in [0.4, 0.5) is 0 Å². The lowest BCUT2D eigenvalue weighted by molar-refractivity contribution is 0.306. The van der Waals surface area contributed by atoms with E-state index in [-0.39, 0.29) is 0 Å². The van der Waals surface area contributed by atoms with Crippen molar-refractivity contribution in [3.63, 3.8) is 0 Å². The van der Waals surface area contributed by atoms with E-state index in [4.69, 9.17) is 4.74 Å². The highest BCUT2D eigenvalue weighted by Gasteiger charge is 2.18. The van der Waals surface area contributed by atoms with Gasteiger partial charge < -0.3 is 4.74 Å². The van der Waals surface area contributed by atoms with Crippen molar-refractivity contribution in [2.24, 2.45) is 0 Å². The van der Waals surface area contributed by atoms with Crippen LogP contribution in [0.1, 0.15) is 65.8 Å². The molecular weight excluding hydrogens is 364 g/mol. The molecule has 0 heterocycles. The number of hydrogen-bond donors (Lipinski definition) is 0. The number of rotatable bonds is 7. The Morgan fingerprint density at radius 2 is 1.23 bits per heavy atom. The molecule has 0 fully saturated rings. The lowest BCUT2D eigenvalue weighted by atomic mass is 9.81. The molecule has 0 amide bonds. The summed E-state index contributed by atoms with van der Waals surface area (Å²) in [6.07, 6.45) is 9.59. The number of ether oxygens (including phenoxy) is 1. The van der Waals surface area contributed by atoms with Gasteiger partial charge in [0.2, 0.25) is 0 Å².